The standard InChI is InChI=1S/C13H9BrO3S2/c14-12-3-2-11(19-12)10(15)7-17-13(16)4-1-9-5-6-18-8-9/h1-6,8H,7H2/b4-1+. The Balaban J connectivity index is 1.82. The quantitative estimate of drug-likeness (QED) is 0.461. The number of Topliss-reactive ketones (excluding diaryl/α,β-unsaturated/α-hetero) is 1. The van der Waals surface area contributed by atoms with Crippen molar-refractivity contribution in [2.75, 3.05) is 6.61 Å². The highest BCUT2D eigenvalue weighted by molar-refractivity contribution is 9.11. The van der Waals surface area contributed by atoms with Crippen LogP contribution in [0.15, 0.2) is 38.8 Å². The average Bonchev–Trinajstić information content (AvgIpc) is 3.04. The van der Waals surface area contributed by atoms with Crippen molar-refractivity contribution in [3.05, 3.63) is 49.3 Å². The SMILES string of the molecule is O=C(/C=C/c1ccsc1)OCC(=O)c1ccc(Br)s1. The molecule has 0 aliphatic heterocycles. The molecule has 0 aliphatic rings. The van der Waals surface area contributed by atoms with Crippen LogP contribution in [0.4, 0.5) is 0 Å². The van der Waals surface area contributed by atoms with Gasteiger partial charge in [0.25, 0.3) is 0 Å². The van der Waals surface area contributed by atoms with E-state index in [0.717, 1.165) is 9.35 Å². The molecular weight excluding hydrogens is 348 g/mol. The van der Waals surface area contributed by atoms with E-state index >= 15 is 0 Å². The van der Waals surface area contributed by atoms with Gasteiger partial charge in [-0.25, -0.2) is 4.79 Å². The second-order valence-corrected chi connectivity index (χ2v) is 6.77. The predicted octanol–water partition coefficient (Wildman–Crippen LogP) is 4.01. The molecule has 0 fully saturated rings. The molecule has 2 heterocycles. The van der Waals surface area contributed by atoms with E-state index in [4.69, 9.17) is 4.74 Å². The fraction of sp³-hybridized carbons (Fsp3) is 0.0769. The first kappa shape index (κ1) is 14.2. The van der Waals surface area contributed by atoms with Gasteiger partial charge in [-0.15, -0.1) is 11.3 Å². The van der Waals surface area contributed by atoms with Gasteiger partial charge in [0.2, 0.25) is 5.78 Å². The molecule has 0 aliphatic carbocycles. The molecule has 0 radical (unpaired) electrons. The molecule has 98 valence electrons. The van der Waals surface area contributed by atoms with Crippen LogP contribution >= 0.6 is 38.6 Å². The normalized spacial score (nSPS) is 10.8. The number of carbonyl (C=O) groups excluding carboxylic acids is 2. The molecule has 2 rings (SSSR count). The predicted molar refractivity (Wildman–Crippen MR) is 80.7 cm³/mol. The van der Waals surface area contributed by atoms with Crippen LogP contribution in [-0.2, 0) is 9.53 Å². The maximum Gasteiger partial charge on any atom is 0.331 e. The number of rotatable bonds is 5. The fourth-order valence-electron chi connectivity index (χ4n) is 1.25. The first-order valence-corrected chi connectivity index (χ1v) is 7.86. The third-order valence-corrected chi connectivity index (χ3v) is 4.51. The van der Waals surface area contributed by atoms with Crippen LogP contribution in [0.5, 0.6) is 0 Å². The highest BCUT2D eigenvalue weighted by Crippen LogP contribution is 2.22. The second-order valence-electron chi connectivity index (χ2n) is 3.52. The van der Waals surface area contributed by atoms with Crippen molar-refractivity contribution in [2.24, 2.45) is 0 Å². The Morgan fingerprint density at radius 3 is 2.79 bits per heavy atom. The van der Waals surface area contributed by atoms with Crippen molar-refractivity contribution < 1.29 is 14.3 Å². The average molecular weight is 357 g/mol. The zero-order chi connectivity index (χ0) is 13.7. The molecule has 0 unspecified atom stereocenters. The lowest BCUT2D eigenvalue weighted by molar-refractivity contribution is -0.136. The molecule has 6 heteroatoms. The van der Waals surface area contributed by atoms with Crippen molar-refractivity contribution in [1.29, 1.82) is 0 Å². The van der Waals surface area contributed by atoms with Crippen LogP contribution in [0.3, 0.4) is 0 Å². The molecule has 0 amide bonds. The number of thiophene rings is 2. The molecule has 2 aromatic heterocycles. The van der Waals surface area contributed by atoms with E-state index in [9.17, 15) is 9.59 Å². The third-order valence-electron chi connectivity index (χ3n) is 2.15. The maximum atomic E-state index is 11.7. The van der Waals surface area contributed by atoms with E-state index in [1.165, 1.54) is 17.4 Å². The minimum atomic E-state index is -0.518. The Labute approximate surface area is 126 Å². The number of halogens is 1. The van der Waals surface area contributed by atoms with Crippen molar-refractivity contribution >= 4 is 56.4 Å². The lowest BCUT2D eigenvalue weighted by Crippen LogP contribution is -2.11. The largest absolute Gasteiger partial charge is 0.454 e. The minimum absolute atomic E-state index is 0.201. The van der Waals surface area contributed by atoms with Crippen LogP contribution in [0.1, 0.15) is 15.2 Å². The van der Waals surface area contributed by atoms with E-state index in [0.29, 0.717) is 4.88 Å². The van der Waals surface area contributed by atoms with Gasteiger partial charge < -0.3 is 4.74 Å². The Morgan fingerprint density at radius 1 is 1.32 bits per heavy atom. The third kappa shape index (κ3) is 4.41. The molecule has 0 N–H and O–H groups in total. The summed E-state index contributed by atoms with van der Waals surface area (Å²) >= 11 is 6.14. The van der Waals surface area contributed by atoms with Gasteiger partial charge in [-0.1, -0.05) is 0 Å². The summed E-state index contributed by atoms with van der Waals surface area (Å²) in [6.07, 6.45) is 2.98. The summed E-state index contributed by atoms with van der Waals surface area (Å²) in [5.41, 5.74) is 0.940. The molecule has 0 bridgehead atoms. The molecular formula is C13H9BrO3S2. The van der Waals surface area contributed by atoms with Gasteiger partial charge in [-0.05, 0) is 56.5 Å². The molecule has 0 aromatic carbocycles. The minimum Gasteiger partial charge on any atom is -0.454 e. The van der Waals surface area contributed by atoms with Crippen molar-refractivity contribution in [2.45, 2.75) is 0 Å². The monoisotopic (exact) mass is 356 g/mol. The van der Waals surface area contributed by atoms with Crippen LogP contribution in [0, 0.1) is 0 Å². The fourth-order valence-corrected chi connectivity index (χ4v) is 3.19. The lowest BCUT2D eigenvalue weighted by atomic mass is 10.3. The number of hydrogen-bond acceptors (Lipinski definition) is 5. The van der Waals surface area contributed by atoms with Gasteiger partial charge in [-0.3, -0.25) is 4.79 Å². The molecule has 0 atom stereocenters. The number of esters is 1. The number of carbonyl (C=O) groups is 2. The Kier molecular flexibility index (Phi) is 5.07. The van der Waals surface area contributed by atoms with Gasteiger partial charge in [0.05, 0.1) is 8.66 Å². The molecule has 0 spiro atoms. The van der Waals surface area contributed by atoms with Gasteiger partial charge in [0.15, 0.2) is 6.61 Å². The smallest absolute Gasteiger partial charge is 0.331 e. The summed E-state index contributed by atoms with van der Waals surface area (Å²) < 4.78 is 5.76. The van der Waals surface area contributed by atoms with Crippen LogP contribution < -0.4 is 0 Å². The summed E-state index contributed by atoms with van der Waals surface area (Å²) in [6.45, 7) is -0.236. The summed E-state index contributed by atoms with van der Waals surface area (Å²) in [7, 11) is 0. The maximum absolute atomic E-state index is 11.7. The van der Waals surface area contributed by atoms with Gasteiger partial charge in [-0.2, -0.15) is 11.3 Å². The van der Waals surface area contributed by atoms with Crippen molar-refractivity contribution in [1.82, 2.24) is 0 Å². The van der Waals surface area contributed by atoms with Gasteiger partial charge in [0.1, 0.15) is 0 Å². The highest BCUT2D eigenvalue weighted by atomic mass is 79.9. The first-order valence-electron chi connectivity index (χ1n) is 5.31. The van der Waals surface area contributed by atoms with E-state index in [2.05, 4.69) is 15.9 Å². The topological polar surface area (TPSA) is 43.4 Å². The number of ketones is 1. The number of ether oxygens (including phenoxy) is 1. The molecule has 2 aromatic rings. The van der Waals surface area contributed by atoms with E-state index in [1.54, 1.807) is 29.5 Å². The van der Waals surface area contributed by atoms with Gasteiger partial charge in [0, 0.05) is 6.08 Å². The number of hydrogen-bond donors (Lipinski definition) is 0. The Hall–Kier alpha value is -1.24. The van der Waals surface area contributed by atoms with Crippen molar-refractivity contribution in [3.63, 3.8) is 0 Å². The molecule has 0 saturated carbocycles. The van der Waals surface area contributed by atoms with Crippen LogP contribution in [-0.4, -0.2) is 18.4 Å². The summed E-state index contributed by atoms with van der Waals surface area (Å²) in [5, 5.41) is 3.83. The van der Waals surface area contributed by atoms with E-state index < -0.39 is 5.97 Å². The summed E-state index contributed by atoms with van der Waals surface area (Å²) in [4.78, 5) is 23.7. The lowest BCUT2D eigenvalue weighted by Gasteiger charge is -1.99. The molecule has 3 nitrogen and oxygen atoms in total. The summed E-state index contributed by atoms with van der Waals surface area (Å²) in [5.74, 6) is -0.719. The van der Waals surface area contributed by atoms with Crippen LogP contribution in [0.2, 0.25) is 0 Å². The van der Waals surface area contributed by atoms with Crippen molar-refractivity contribution in [3.8, 4) is 0 Å². The summed E-state index contributed by atoms with van der Waals surface area (Å²) in [6, 6.07) is 5.38. The van der Waals surface area contributed by atoms with Gasteiger partial charge >= 0.3 is 5.97 Å². The first-order chi connectivity index (χ1) is 9.15. The molecule has 19 heavy (non-hydrogen) atoms. The molecule has 0 saturated heterocycles. The van der Waals surface area contributed by atoms with E-state index in [1.807, 2.05) is 16.8 Å². The van der Waals surface area contributed by atoms with E-state index in [-0.39, 0.29) is 12.4 Å². The zero-order valence-electron chi connectivity index (χ0n) is 9.67. The second kappa shape index (κ2) is 6.79. The Bertz CT molecular complexity index is 599. The van der Waals surface area contributed by atoms with Crippen LogP contribution in [0.25, 0.3) is 6.08 Å². The Morgan fingerprint density at radius 2 is 2.16 bits per heavy atom. The zero-order valence-corrected chi connectivity index (χ0v) is 12.9. The highest BCUT2D eigenvalue weighted by Gasteiger charge is 2.10.